The highest BCUT2D eigenvalue weighted by Gasteiger charge is 2.27. The van der Waals surface area contributed by atoms with Gasteiger partial charge < -0.3 is 15.0 Å². The van der Waals surface area contributed by atoms with E-state index < -0.39 is 0 Å². The summed E-state index contributed by atoms with van der Waals surface area (Å²) in [6, 6.07) is 8.75. The van der Waals surface area contributed by atoms with Crippen molar-refractivity contribution in [2.75, 3.05) is 33.8 Å². The highest BCUT2D eigenvalue weighted by atomic mass is 127. The zero-order valence-electron chi connectivity index (χ0n) is 16.4. The minimum Gasteiger partial charge on any atom is -0.373 e. The second kappa shape index (κ2) is 12.3. The van der Waals surface area contributed by atoms with Gasteiger partial charge in [0.2, 0.25) is 0 Å². The second-order valence-corrected chi connectivity index (χ2v) is 6.88. The van der Waals surface area contributed by atoms with Gasteiger partial charge in [-0.25, -0.2) is 0 Å². The third-order valence-corrected chi connectivity index (χ3v) is 4.85. The third kappa shape index (κ3) is 6.91. The Bertz CT molecular complexity index is 559. The fourth-order valence-electron chi connectivity index (χ4n) is 3.36. The number of hydrogen-bond donors (Lipinski definition) is 1. The van der Waals surface area contributed by atoms with E-state index in [-0.39, 0.29) is 30.1 Å². The van der Waals surface area contributed by atoms with Crippen LogP contribution < -0.4 is 5.32 Å². The number of nitrogens with one attached hydrogen (secondary N) is 1. The summed E-state index contributed by atoms with van der Waals surface area (Å²) in [4.78, 5) is 6.61. The molecule has 1 aromatic carbocycles. The third-order valence-electron chi connectivity index (χ3n) is 4.85. The number of guanidine groups is 1. The van der Waals surface area contributed by atoms with Crippen LogP contribution in [-0.2, 0) is 4.74 Å². The van der Waals surface area contributed by atoms with Gasteiger partial charge in [0.15, 0.2) is 5.96 Å². The lowest BCUT2D eigenvalue weighted by molar-refractivity contribution is -0.0266. The largest absolute Gasteiger partial charge is 0.373 e. The van der Waals surface area contributed by atoms with Crippen LogP contribution in [0.1, 0.15) is 42.9 Å². The van der Waals surface area contributed by atoms with Crippen molar-refractivity contribution in [3.63, 3.8) is 0 Å². The number of unbranched alkanes of at least 4 members (excludes halogenated alkanes) is 1. The summed E-state index contributed by atoms with van der Waals surface area (Å²) in [7, 11) is 3.94. The van der Waals surface area contributed by atoms with E-state index in [0.29, 0.717) is 5.92 Å². The molecule has 1 N–H and O–H groups in total. The number of aliphatic imine (C=N–C) groups is 1. The summed E-state index contributed by atoms with van der Waals surface area (Å²) in [5.74, 6) is 1.42. The normalized spacial score (nSPS) is 20.2. The van der Waals surface area contributed by atoms with Crippen LogP contribution in [0.25, 0.3) is 0 Å². The van der Waals surface area contributed by atoms with Gasteiger partial charge in [0, 0.05) is 39.7 Å². The van der Waals surface area contributed by atoms with Crippen LogP contribution in [0.5, 0.6) is 0 Å². The van der Waals surface area contributed by atoms with Gasteiger partial charge in [-0.05, 0) is 38.2 Å². The van der Waals surface area contributed by atoms with E-state index in [1.807, 2.05) is 13.1 Å². The monoisotopic (exact) mass is 471 g/mol. The van der Waals surface area contributed by atoms with Gasteiger partial charge in [-0.2, -0.15) is 0 Å². The maximum absolute atomic E-state index is 6.12. The number of benzene rings is 1. The van der Waals surface area contributed by atoms with Crippen LogP contribution >= 0.6 is 24.0 Å². The lowest BCUT2D eigenvalue weighted by Gasteiger charge is -2.33. The number of hydrogen-bond acceptors (Lipinski definition) is 2. The zero-order valence-corrected chi connectivity index (χ0v) is 18.7. The quantitative estimate of drug-likeness (QED) is 0.208. The Hall–Kier alpha value is -1.08. The molecule has 4 nitrogen and oxygen atoms in total. The van der Waals surface area contributed by atoms with Gasteiger partial charge >= 0.3 is 0 Å². The molecule has 0 bridgehead atoms. The number of ether oxygens (including phenoxy) is 1. The van der Waals surface area contributed by atoms with Crippen LogP contribution in [-0.4, -0.2) is 44.7 Å². The van der Waals surface area contributed by atoms with Gasteiger partial charge in [-0.15, -0.1) is 30.6 Å². The number of aryl methyl sites for hydroxylation is 1. The summed E-state index contributed by atoms with van der Waals surface area (Å²) in [5, 5.41) is 3.55. The molecule has 2 rings (SSSR count). The number of allylic oxidation sites excluding steroid dienone is 1. The molecule has 1 heterocycles. The molecule has 1 aliphatic heterocycles. The van der Waals surface area contributed by atoms with E-state index in [0.717, 1.165) is 44.9 Å². The molecule has 0 spiro atoms. The standard InChI is InChI=1S/C21H33N3O.HI/c1-5-6-7-14-24(4)21(22-3)23-16-19-9-8-15-25-20(19)18-12-10-17(2)11-13-18;/h5,10-13,19-20H,1,6-9,14-16H2,2-4H3,(H,22,23);1H. The van der Waals surface area contributed by atoms with Crippen LogP contribution in [0.4, 0.5) is 0 Å². The summed E-state index contributed by atoms with van der Waals surface area (Å²) in [6.07, 6.45) is 6.58. The molecule has 1 aromatic rings. The Balaban J connectivity index is 0.00000338. The first-order valence-electron chi connectivity index (χ1n) is 9.36. The van der Waals surface area contributed by atoms with Crippen molar-refractivity contribution in [2.45, 2.75) is 38.7 Å². The van der Waals surface area contributed by atoms with Gasteiger partial charge in [-0.1, -0.05) is 35.9 Å². The maximum atomic E-state index is 6.12. The van der Waals surface area contributed by atoms with Gasteiger partial charge in [0.05, 0.1) is 6.10 Å². The number of nitrogens with zero attached hydrogens (tertiary/aromatic N) is 2. The molecule has 1 aliphatic rings. The molecule has 2 unspecified atom stereocenters. The van der Waals surface area contributed by atoms with E-state index >= 15 is 0 Å². The van der Waals surface area contributed by atoms with Crippen LogP contribution in [0.3, 0.4) is 0 Å². The first-order valence-corrected chi connectivity index (χ1v) is 9.36. The molecule has 0 aliphatic carbocycles. The van der Waals surface area contributed by atoms with Crippen molar-refractivity contribution >= 4 is 29.9 Å². The second-order valence-electron chi connectivity index (χ2n) is 6.88. The van der Waals surface area contributed by atoms with E-state index in [1.165, 1.54) is 17.5 Å². The van der Waals surface area contributed by atoms with E-state index in [9.17, 15) is 0 Å². The molecule has 26 heavy (non-hydrogen) atoms. The predicted octanol–water partition coefficient (Wildman–Crippen LogP) is 4.55. The molecule has 0 saturated carbocycles. The molecule has 0 radical (unpaired) electrons. The van der Waals surface area contributed by atoms with Gasteiger partial charge in [0.1, 0.15) is 0 Å². The lowest BCUT2D eigenvalue weighted by atomic mass is 9.89. The first kappa shape index (κ1) is 23.0. The highest BCUT2D eigenvalue weighted by Crippen LogP contribution is 2.33. The fraction of sp³-hybridized carbons (Fsp3) is 0.571. The highest BCUT2D eigenvalue weighted by molar-refractivity contribution is 14.0. The molecule has 146 valence electrons. The van der Waals surface area contributed by atoms with Crippen molar-refractivity contribution in [3.8, 4) is 0 Å². The van der Waals surface area contributed by atoms with E-state index in [1.54, 1.807) is 0 Å². The Morgan fingerprint density at radius 2 is 2.12 bits per heavy atom. The smallest absolute Gasteiger partial charge is 0.193 e. The molecule has 5 heteroatoms. The Kier molecular flexibility index (Phi) is 10.9. The molecule has 0 amide bonds. The minimum absolute atomic E-state index is 0. The lowest BCUT2D eigenvalue weighted by Crippen LogP contribution is -2.43. The molecular weight excluding hydrogens is 437 g/mol. The average Bonchev–Trinajstić information content (AvgIpc) is 2.63. The average molecular weight is 471 g/mol. The van der Waals surface area contributed by atoms with Crippen molar-refractivity contribution in [1.82, 2.24) is 10.2 Å². The van der Waals surface area contributed by atoms with Crippen LogP contribution in [0.2, 0.25) is 0 Å². The minimum atomic E-state index is 0. The van der Waals surface area contributed by atoms with E-state index in [2.05, 4.69) is 60.0 Å². The maximum Gasteiger partial charge on any atom is 0.193 e. The summed E-state index contributed by atoms with van der Waals surface area (Å²) < 4.78 is 6.12. The van der Waals surface area contributed by atoms with Crippen molar-refractivity contribution in [3.05, 3.63) is 48.0 Å². The van der Waals surface area contributed by atoms with Gasteiger partial charge in [0.25, 0.3) is 0 Å². The van der Waals surface area contributed by atoms with Crippen molar-refractivity contribution < 1.29 is 4.74 Å². The van der Waals surface area contributed by atoms with Gasteiger partial charge in [-0.3, -0.25) is 4.99 Å². The van der Waals surface area contributed by atoms with Crippen molar-refractivity contribution in [2.24, 2.45) is 10.9 Å². The first-order chi connectivity index (χ1) is 12.2. The fourth-order valence-corrected chi connectivity index (χ4v) is 3.36. The molecule has 1 fully saturated rings. The Morgan fingerprint density at radius 1 is 1.38 bits per heavy atom. The molecular formula is C21H34IN3O. The van der Waals surface area contributed by atoms with Crippen LogP contribution in [0.15, 0.2) is 41.9 Å². The molecule has 2 atom stereocenters. The molecule has 1 saturated heterocycles. The van der Waals surface area contributed by atoms with Crippen LogP contribution in [0, 0.1) is 12.8 Å². The topological polar surface area (TPSA) is 36.9 Å². The molecule has 0 aromatic heterocycles. The van der Waals surface area contributed by atoms with Crippen molar-refractivity contribution in [1.29, 1.82) is 0 Å². The summed E-state index contributed by atoms with van der Waals surface area (Å²) in [5.41, 5.74) is 2.57. The van der Waals surface area contributed by atoms with E-state index in [4.69, 9.17) is 4.74 Å². The SMILES string of the molecule is C=CCCCN(C)C(=NC)NCC1CCCOC1c1ccc(C)cc1.I. The predicted molar refractivity (Wildman–Crippen MR) is 121 cm³/mol. The zero-order chi connectivity index (χ0) is 18.1. The number of halogens is 1. The Morgan fingerprint density at radius 3 is 2.77 bits per heavy atom. The summed E-state index contributed by atoms with van der Waals surface area (Å²) in [6.45, 7) is 8.62. The number of rotatable bonds is 7. The Labute approximate surface area is 176 Å². The summed E-state index contributed by atoms with van der Waals surface area (Å²) >= 11 is 0.